The Kier molecular flexibility index (Phi) is 4.58. The Hall–Kier alpha value is -2.79. The molecule has 0 amide bonds. The van der Waals surface area contributed by atoms with Crippen LogP contribution in [0.2, 0.25) is 0 Å². The van der Waals surface area contributed by atoms with E-state index in [1.807, 2.05) is 6.92 Å². The molecule has 0 aliphatic carbocycles. The summed E-state index contributed by atoms with van der Waals surface area (Å²) in [6.07, 6.45) is 2.21. The quantitative estimate of drug-likeness (QED) is 0.362. The number of carbonyl (C=O) groups excluding carboxylic acids is 1. The molecule has 7 nitrogen and oxygen atoms in total. The SMILES string of the molecule is CCCOc1ccc2ncc(C(=O)OC)c(N=[N+]=[N-])c2c1. The monoisotopic (exact) mass is 286 g/mol. The zero-order chi connectivity index (χ0) is 15.2. The molecule has 1 aromatic heterocycles. The van der Waals surface area contributed by atoms with Crippen molar-refractivity contribution in [1.82, 2.24) is 4.98 Å². The minimum absolute atomic E-state index is 0.121. The molecule has 7 heteroatoms. The van der Waals surface area contributed by atoms with Gasteiger partial charge in [0.1, 0.15) is 5.75 Å². The van der Waals surface area contributed by atoms with E-state index < -0.39 is 5.97 Å². The number of pyridine rings is 1. The minimum Gasteiger partial charge on any atom is -0.494 e. The number of methoxy groups -OCH3 is 1. The zero-order valence-electron chi connectivity index (χ0n) is 11.7. The molecule has 1 heterocycles. The van der Waals surface area contributed by atoms with E-state index in [2.05, 4.69) is 19.7 Å². The highest BCUT2D eigenvalue weighted by Crippen LogP contribution is 2.32. The van der Waals surface area contributed by atoms with E-state index in [4.69, 9.17) is 10.3 Å². The Morgan fingerprint density at radius 2 is 2.29 bits per heavy atom. The molecule has 0 aliphatic rings. The van der Waals surface area contributed by atoms with Crippen LogP contribution in [0.4, 0.5) is 5.69 Å². The van der Waals surface area contributed by atoms with Gasteiger partial charge in [-0.05, 0) is 30.2 Å². The molecule has 0 radical (unpaired) electrons. The van der Waals surface area contributed by atoms with Crippen molar-refractivity contribution >= 4 is 22.6 Å². The second-order valence-electron chi connectivity index (χ2n) is 4.23. The molecule has 2 aromatic rings. The van der Waals surface area contributed by atoms with Crippen LogP contribution >= 0.6 is 0 Å². The average Bonchev–Trinajstić information content (AvgIpc) is 2.52. The molecule has 0 saturated carbocycles. The molecular weight excluding hydrogens is 272 g/mol. The molecule has 0 N–H and O–H groups in total. The number of carbonyl (C=O) groups is 1. The molecule has 108 valence electrons. The molecule has 0 atom stereocenters. The number of fused-ring (bicyclic) bond motifs is 1. The third-order valence-electron chi connectivity index (χ3n) is 2.83. The average molecular weight is 286 g/mol. The summed E-state index contributed by atoms with van der Waals surface area (Å²) in [5, 5.41) is 4.16. The van der Waals surface area contributed by atoms with Crippen molar-refractivity contribution in [2.45, 2.75) is 13.3 Å². The summed E-state index contributed by atoms with van der Waals surface area (Å²) in [6, 6.07) is 5.23. The number of ether oxygens (including phenoxy) is 2. The van der Waals surface area contributed by atoms with Crippen LogP contribution in [-0.4, -0.2) is 24.7 Å². The number of rotatable bonds is 5. The first-order chi connectivity index (χ1) is 10.2. The van der Waals surface area contributed by atoms with Crippen molar-refractivity contribution in [1.29, 1.82) is 0 Å². The van der Waals surface area contributed by atoms with Gasteiger partial charge < -0.3 is 9.47 Å². The number of aromatic nitrogens is 1. The fraction of sp³-hybridized carbons (Fsp3) is 0.286. The van der Waals surface area contributed by atoms with Crippen LogP contribution in [0.1, 0.15) is 23.7 Å². The van der Waals surface area contributed by atoms with Gasteiger partial charge in [0.2, 0.25) is 0 Å². The normalized spacial score (nSPS) is 10.0. The standard InChI is InChI=1S/C14H14N4O3/c1-3-6-21-9-4-5-12-10(7-9)13(17-18-15)11(8-16-12)14(19)20-2/h4-5,7-8H,3,6H2,1-2H3. The van der Waals surface area contributed by atoms with Gasteiger partial charge in [0.25, 0.3) is 0 Å². The lowest BCUT2D eigenvalue weighted by molar-refractivity contribution is 0.0601. The Bertz CT molecular complexity index is 723. The Morgan fingerprint density at radius 3 is 2.95 bits per heavy atom. The lowest BCUT2D eigenvalue weighted by atomic mass is 10.1. The first-order valence-corrected chi connectivity index (χ1v) is 6.40. The predicted molar refractivity (Wildman–Crippen MR) is 77.7 cm³/mol. The van der Waals surface area contributed by atoms with E-state index in [9.17, 15) is 4.79 Å². The smallest absolute Gasteiger partial charge is 0.339 e. The van der Waals surface area contributed by atoms with E-state index in [1.54, 1.807) is 18.2 Å². The highest BCUT2D eigenvalue weighted by Gasteiger charge is 2.15. The summed E-state index contributed by atoms with van der Waals surface area (Å²) in [6.45, 7) is 2.58. The maximum atomic E-state index is 11.7. The molecule has 0 unspecified atom stereocenters. The van der Waals surface area contributed by atoms with Crippen LogP contribution in [0.3, 0.4) is 0 Å². The van der Waals surface area contributed by atoms with Crippen molar-refractivity contribution in [3.8, 4) is 5.75 Å². The fourth-order valence-electron chi connectivity index (χ4n) is 1.88. The van der Waals surface area contributed by atoms with Gasteiger partial charge in [-0.1, -0.05) is 12.0 Å². The van der Waals surface area contributed by atoms with E-state index in [0.717, 1.165) is 6.42 Å². The molecule has 0 aliphatic heterocycles. The number of benzene rings is 1. The van der Waals surface area contributed by atoms with E-state index >= 15 is 0 Å². The van der Waals surface area contributed by atoms with Crippen LogP contribution in [0.5, 0.6) is 5.75 Å². The molecule has 0 fully saturated rings. The Morgan fingerprint density at radius 1 is 1.48 bits per heavy atom. The van der Waals surface area contributed by atoms with Crippen LogP contribution < -0.4 is 4.74 Å². The summed E-state index contributed by atoms with van der Waals surface area (Å²) in [7, 11) is 1.26. The maximum Gasteiger partial charge on any atom is 0.339 e. The van der Waals surface area contributed by atoms with Crippen molar-refractivity contribution in [3.63, 3.8) is 0 Å². The van der Waals surface area contributed by atoms with Gasteiger partial charge in [0.15, 0.2) is 0 Å². The molecule has 2 rings (SSSR count). The van der Waals surface area contributed by atoms with E-state index in [0.29, 0.717) is 23.3 Å². The maximum absolute atomic E-state index is 11.7. The van der Waals surface area contributed by atoms with Crippen molar-refractivity contribution in [2.24, 2.45) is 5.11 Å². The first kappa shape index (κ1) is 14.6. The van der Waals surface area contributed by atoms with Gasteiger partial charge in [0.05, 0.1) is 30.5 Å². The summed E-state index contributed by atoms with van der Waals surface area (Å²) in [5.41, 5.74) is 9.64. The van der Waals surface area contributed by atoms with Crippen LogP contribution in [0, 0.1) is 0 Å². The molecule has 21 heavy (non-hydrogen) atoms. The van der Waals surface area contributed by atoms with Crippen LogP contribution in [-0.2, 0) is 4.74 Å². The molecule has 0 bridgehead atoms. The number of hydrogen-bond donors (Lipinski definition) is 0. The number of azide groups is 1. The number of esters is 1. The minimum atomic E-state index is -0.605. The molecule has 0 spiro atoms. The third-order valence-corrected chi connectivity index (χ3v) is 2.83. The van der Waals surface area contributed by atoms with Crippen LogP contribution in [0.25, 0.3) is 21.3 Å². The fourth-order valence-corrected chi connectivity index (χ4v) is 1.88. The Labute approximate surface area is 121 Å². The van der Waals surface area contributed by atoms with E-state index in [1.165, 1.54) is 13.3 Å². The lowest BCUT2D eigenvalue weighted by Crippen LogP contribution is -2.03. The summed E-state index contributed by atoms with van der Waals surface area (Å²) in [5.74, 6) is 0.0224. The van der Waals surface area contributed by atoms with Gasteiger partial charge in [-0.2, -0.15) is 0 Å². The zero-order valence-corrected chi connectivity index (χ0v) is 11.7. The van der Waals surface area contributed by atoms with Gasteiger partial charge in [0, 0.05) is 16.5 Å². The van der Waals surface area contributed by atoms with Gasteiger partial charge in [-0.15, -0.1) is 0 Å². The molecule has 1 aromatic carbocycles. The first-order valence-electron chi connectivity index (χ1n) is 6.40. The summed E-state index contributed by atoms with van der Waals surface area (Å²) in [4.78, 5) is 18.7. The van der Waals surface area contributed by atoms with Crippen LogP contribution in [0.15, 0.2) is 29.5 Å². The topological polar surface area (TPSA) is 97.2 Å². The van der Waals surface area contributed by atoms with Crippen molar-refractivity contribution in [2.75, 3.05) is 13.7 Å². The van der Waals surface area contributed by atoms with Gasteiger partial charge >= 0.3 is 5.97 Å². The summed E-state index contributed by atoms with van der Waals surface area (Å²) < 4.78 is 10.2. The molecular formula is C14H14N4O3. The third kappa shape index (κ3) is 3.04. The number of nitrogens with zero attached hydrogens (tertiary/aromatic N) is 4. The largest absolute Gasteiger partial charge is 0.494 e. The van der Waals surface area contributed by atoms with Crippen molar-refractivity contribution in [3.05, 3.63) is 40.4 Å². The lowest BCUT2D eigenvalue weighted by Gasteiger charge is -2.09. The summed E-state index contributed by atoms with van der Waals surface area (Å²) >= 11 is 0. The highest BCUT2D eigenvalue weighted by molar-refractivity contribution is 6.03. The second-order valence-corrected chi connectivity index (χ2v) is 4.23. The van der Waals surface area contributed by atoms with E-state index in [-0.39, 0.29) is 11.3 Å². The Balaban J connectivity index is 2.64. The number of hydrogen-bond acceptors (Lipinski definition) is 5. The van der Waals surface area contributed by atoms with Gasteiger partial charge in [-0.3, -0.25) is 4.98 Å². The molecule has 0 saturated heterocycles. The predicted octanol–water partition coefficient (Wildman–Crippen LogP) is 3.75. The van der Waals surface area contributed by atoms with Crippen molar-refractivity contribution < 1.29 is 14.3 Å². The van der Waals surface area contributed by atoms with Gasteiger partial charge in [-0.25, -0.2) is 4.79 Å². The highest BCUT2D eigenvalue weighted by atomic mass is 16.5. The second kappa shape index (κ2) is 6.58.